The Morgan fingerprint density at radius 1 is 1.60 bits per heavy atom. The molecule has 0 saturated heterocycles. The van der Waals surface area contributed by atoms with Crippen molar-refractivity contribution in [3.63, 3.8) is 0 Å². The smallest absolute Gasteiger partial charge is 0.133 e. The molecule has 0 aromatic carbocycles. The van der Waals surface area contributed by atoms with Crippen LogP contribution in [0.15, 0.2) is 12.3 Å². The Kier molecular flexibility index (Phi) is 4.05. The number of hydrogen-bond donors (Lipinski definition) is 2. The summed E-state index contributed by atoms with van der Waals surface area (Å²) in [5.41, 5.74) is 7.88. The van der Waals surface area contributed by atoms with E-state index in [4.69, 9.17) is 10.8 Å². The second-order valence-corrected chi connectivity index (χ2v) is 3.78. The molecule has 4 nitrogen and oxygen atoms in total. The maximum absolute atomic E-state index is 9.10. The maximum atomic E-state index is 9.10. The summed E-state index contributed by atoms with van der Waals surface area (Å²) in [4.78, 5) is 6.27. The quantitative estimate of drug-likeness (QED) is 0.765. The third-order valence-corrected chi connectivity index (χ3v) is 2.73. The third-order valence-electron chi connectivity index (χ3n) is 2.73. The van der Waals surface area contributed by atoms with Crippen molar-refractivity contribution in [1.82, 2.24) is 4.98 Å². The summed E-state index contributed by atoms with van der Waals surface area (Å²) >= 11 is 0. The molecule has 0 amide bonds. The number of aromatic nitrogens is 1. The monoisotopic (exact) mass is 209 g/mol. The molecule has 1 unspecified atom stereocenters. The van der Waals surface area contributed by atoms with Gasteiger partial charge in [-0.2, -0.15) is 0 Å². The molecule has 0 aliphatic heterocycles. The number of aliphatic hydroxyl groups is 1. The predicted molar refractivity (Wildman–Crippen MR) is 61.8 cm³/mol. The molecule has 1 atom stereocenters. The van der Waals surface area contributed by atoms with Crippen LogP contribution < -0.4 is 10.6 Å². The van der Waals surface area contributed by atoms with Gasteiger partial charge in [-0.1, -0.05) is 0 Å². The van der Waals surface area contributed by atoms with Crippen LogP contribution in [0.3, 0.4) is 0 Å². The van der Waals surface area contributed by atoms with Crippen molar-refractivity contribution in [2.75, 3.05) is 18.6 Å². The minimum Gasteiger partial charge on any atom is -0.394 e. The van der Waals surface area contributed by atoms with Crippen LogP contribution >= 0.6 is 0 Å². The van der Waals surface area contributed by atoms with E-state index in [1.54, 1.807) is 6.20 Å². The molecule has 0 saturated carbocycles. The lowest BCUT2D eigenvalue weighted by atomic mass is 10.1. The van der Waals surface area contributed by atoms with E-state index in [-0.39, 0.29) is 12.6 Å². The summed E-state index contributed by atoms with van der Waals surface area (Å²) in [5, 5.41) is 9.10. The van der Waals surface area contributed by atoms with Crippen molar-refractivity contribution < 1.29 is 5.11 Å². The van der Waals surface area contributed by atoms with Gasteiger partial charge >= 0.3 is 0 Å². The summed E-state index contributed by atoms with van der Waals surface area (Å²) in [6, 6.07) is 1.99. The van der Waals surface area contributed by atoms with Gasteiger partial charge < -0.3 is 15.7 Å². The molecule has 0 fully saturated rings. The molecule has 0 spiro atoms. The van der Waals surface area contributed by atoms with Crippen LogP contribution in [-0.2, 0) is 6.54 Å². The standard InChI is InChI=1S/C11H19N3O/c1-8-4-5-13-11(10(8)6-12)14(3)9(2)7-15/h4-5,9,15H,6-7,12H2,1-3H3. The highest BCUT2D eigenvalue weighted by Crippen LogP contribution is 2.20. The van der Waals surface area contributed by atoms with E-state index >= 15 is 0 Å². The number of rotatable bonds is 4. The van der Waals surface area contributed by atoms with Crippen LogP contribution in [-0.4, -0.2) is 29.8 Å². The molecule has 4 heteroatoms. The number of pyridine rings is 1. The van der Waals surface area contributed by atoms with E-state index in [0.29, 0.717) is 6.54 Å². The Hall–Kier alpha value is -1.13. The fourth-order valence-electron chi connectivity index (χ4n) is 1.46. The van der Waals surface area contributed by atoms with Crippen molar-refractivity contribution in [2.24, 2.45) is 5.73 Å². The van der Waals surface area contributed by atoms with Gasteiger partial charge in [0, 0.05) is 25.4 Å². The minimum atomic E-state index is 0.0459. The first-order valence-electron chi connectivity index (χ1n) is 5.10. The third kappa shape index (κ3) is 2.46. The van der Waals surface area contributed by atoms with Gasteiger partial charge in [0.2, 0.25) is 0 Å². The SMILES string of the molecule is Cc1ccnc(N(C)C(C)CO)c1CN. The van der Waals surface area contributed by atoms with E-state index in [2.05, 4.69) is 4.98 Å². The van der Waals surface area contributed by atoms with Crippen LogP contribution in [0.5, 0.6) is 0 Å². The number of nitrogens with two attached hydrogens (primary N) is 1. The Labute approximate surface area is 90.7 Å². The van der Waals surface area contributed by atoms with Gasteiger partial charge in [0.1, 0.15) is 5.82 Å². The van der Waals surface area contributed by atoms with Crippen LogP contribution in [0.25, 0.3) is 0 Å². The predicted octanol–water partition coefficient (Wildman–Crippen LogP) is 0.666. The van der Waals surface area contributed by atoms with E-state index in [1.807, 2.05) is 31.9 Å². The average Bonchev–Trinajstić information content (AvgIpc) is 2.26. The molecule has 3 N–H and O–H groups in total. The topological polar surface area (TPSA) is 62.4 Å². The molecule has 1 rings (SSSR count). The molecule has 0 bridgehead atoms. The van der Waals surface area contributed by atoms with Gasteiger partial charge in [0.05, 0.1) is 12.6 Å². The summed E-state index contributed by atoms with van der Waals surface area (Å²) in [6.45, 7) is 4.54. The summed E-state index contributed by atoms with van der Waals surface area (Å²) < 4.78 is 0. The molecule has 0 aliphatic carbocycles. The minimum absolute atomic E-state index is 0.0459. The van der Waals surface area contributed by atoms with Crippen molar-refractivity contribution >= 4 is 5.82 Å². The number of aliphatic hydroxyl groups excluding tert-OH is 1. The Morgan fingerprint density at radius 3 is 2.80 bits per heavy atom. The van der Waals surface area contributed by atoms with Crippen LogP contribution in [0, 0.1) is 6.92 Å². The second kappa shape index (κ2) is 5.09. The lowest BCUT2D eigenvalue weighted by Gasteiger charge is -2.26. The fraction of sp³-hybridized carbons (Fsp3) is 0.545. The number of anilines is 1. The largest absolute Gasteiger partial charge is 0.394 e. The van der Waals surface area contributed by atoms with Crippen molar-refractivity contribution in [3.8, 4) is 0 Å². The highest BCUT2D eigenvalue weighted by Gasteiger charge is 2.14. The molecule has 84 valence electrons. The van der Waals surface area contributed by atoms with Crippen molar-refractivity contribution in [1.29, 1.82) is 0 Å². The zero-order chi connectivity index (χ0) is 11.4. The highest BCUT2D eigenvalue weighted by molar-refractivity contribution is 5.50. The van der Waals surface area contributed by atoms with Crippen molar-refractivity contribution in [2.45, 2.75) is 26.4 Å². The number of likely N-dealkylation sites (N-methyl/N-ethyl adjacent to an activating group) is 1. The van der Waals surface area contributed by atoms with E-state index in [1.165, 1.54) is 0 Å². The van der Waals surface area contributed by atoms with Gasteiger partial charge in [0.25, 0.3) is 0 Å². The van der Waals surface area contributed by atoms with Crippen LogP contribution in [0.1, 0.15) is 18.1 Å². The zero-order valence-electron chi connectivity index (χ0n) is 9.57. The van der Waals surface area contributed by atoms with E-state index in [0.717, 1.165) is 16.9 Å². The number of hydrogen-bond acceptors (Lipinski definition) is 4. The molecule has 1 aromatic heterocycles. The van der Waals surface area contributed by atoms with Gasteiger partial charge in [0.15, 0.2) is 0 Å². The molecule has 0 aliphatic rings. The number of aryl methyl sites for hydroxylation is 1. The lowest BCUT2D eigenvalue weighted by Crippen LogP contribution is -2.33. The van der Waals surface area contributed by atoms with Gasteiger partial charge in [-0.25, -0.2) is 4.98 Å². The van der Waals surface area contributed by atoms with Gasteiger partial charge in [-0.05, 0) is 25.5 Å². The Bertz CT molecular complexity index is 328. The molecular weight excluding hydrogens is 190 g/mol. The maximum Gasteiger partial charge on any atom is 0.133 e. The summed E-state index contributed by atoms with van der Waals surface area (Å²) in [6.07, 6.45) is 1.77. The van der Waals surface area contributed by atoms with Crippen LogP contribution in [0.2, 0.25) is 0 Å². The van der Waals surface area contributed by atoms with E-state index in [9.17, 15) is 0 Å². The second-order valence-electron chi connectivity index (χ2n) is 3.78. The molecule has 0 radical (unpaired) electrons. The lowest BCUT2D eigenvalue weighted by molar-refractivity contribution is 0.269. The molecular formula is C11H19N3O. The zero-order valence-corrected chi connectivity index (χ0v) is 9.57. The summed E-state index contributed by atoms with van der Waals surface area (Å²) in [7, 11) is 1.92. The first-order chi connectivity index (χ1) is 7.11. The summed E-state index contributed by atoms with van der Waals surface area (Å²) in [5.74, 6) is 0.860. The average molecular weight is 209 g/mol. The van der Waals surface area contributed by atoms with Crippen LogP contribution in [0.4, 0.5) is 5.82 Å². The molecule has 1 heterocycles. The normalized spacial score (nSPS) is 12.6. The molecule has 1 aromatic rings. The van der Waals surface area contributed by atoms with Gasteiger partial charge in [-0.15, -0.1) is 0 Å². The Balaban J connectivity index is 3.07. The van der Waals surface area contributed by atoms with Gasteiger partial charge in [-0.3, -0.25) is 0 Å². The first-order valence-corrected chi connectivity index (χ1v) is 5.10. The van der Waals surface area contributed by atoms with E-state index < -0.39 is 0 Å². The number of nitrogens with zero attached hydrogens (tertiary/aromatic N) is 2. The first kappa shape index (κ1) is 11.9. The van der Waals surface area contributed by atoms with Crippen molar-refractivity contribution in [3.05, 3.63) is 23.4 Å². The molecule has 15 heavy (non-hydrogen) atoms. The fourth-order valence-corrected chi connectivity index (χ4v) is 1.46. The highest BCUT2D eigenvalue weighted by atomic mass is 16.3. The Morgan fingerprint density at radius 2 is 2.27 bits per heavy atom.